The zero-order valence-electron chi connectivity index (χ0n) is 13.5. The van der Waals surface area contributed by atoms with Crippen molar-refractivity contribution in [3.63, 3.8) is 0 Å². The lowest BCUT2D eigenvalue weighted by Crippen LogP contribution is -2.38. The first-order valence-corrected chi connectivity index (χ1v) is 7.77. The summed E-state index contributed by atoms with van der Waals surface area (Å²) < 4.78 is 13.8. The van der Waals surface area contributed by atoms with Crippen LogP contribution in [0.25, 0.3) is 0 Å². The summed E-state index contributed by atoms with van der Waals surface area (Å²) in [6.07, 6.45) is 2.57. The van der Waals surface area contributed by atoms with Crippen LogP contribution in [-0.2, 0) is 4.79 Å². The lowest BCUT2D eigenvalue weighted by molar-refractivity contribution is -0.126. The zero-order valence-corrected chi connectivity index (χ0v) is 13.5. The van der Waals surface area contributed by atoms with E-state index in [1.54, 1.807) is 12.1 Å². The van der Waals surface area contributed by atoms with E-state index in [-0.39, 0.29) is 17.2 Å². The smallest absolute Gasteiger partial charge is 0.146 e. The monoisotopic (exact) mass is 291 g/mol. The molecule has 1 aromatic rings. The quantitative estimate of drug-likeness (QED) is 0.828. The molecule has 2 nitrogen and oxygen atoms in total. The molecule has 2 unspecified atom stereocenters. The second kappa shape index (κ2) is 6.17. The molecule has 0 N–H and O–H groups in total. The van der Waals surface area contributed by atoms with Crippen LogP contribution in [0.15, 0.2) is 24.3 Å². The number of hydrogen-bond donors (Lipinski definition) is 0. The van der Waals surface area contributed by atoms with Gasteiger partial charge in [-0.3, -0.25) is 4.79 Å². The third-order valence-corrected chi connectivity index (χ3v) is 4.75. The van der Waals surface area contributed by atoms with E-state index in [0.29, 0.717) is 30.4 Å². The predicted molar refractivity (Wildman–Crippen MR) is 85.0 cm³/mol. The van der Waals surface area contributed by atoms with Crippen LogP contribution in [0.5, 0.6) is 0 Å². The number of halogens is 1. The molecule has 0 aliphatic heterocycles. The summed E-state index contributed by atoms with van der Waals surface area (Å²) in [5.41, 5.74) is 0.804. The van der Waals surface area contributed by atoms with Crippen molar-refractivity contribution >= 4 is 11.5 Å². The highest BCUT2D eigenvalue weighted by Gasteiger charge is 2.35. The molecular formula is C18H26FNO. The van der Waals surface area contributed by atoms with Gasteiger partial charge in [0.15, 0.2) is 0 Å². The largest absolute Gasteiger partial charge is 0.372 e. The molecule has 2 atom stereocenters. The Morgan fingerprint density at radius 2 is 1.95 bits per heavy atom. The molecule has 1 aliphatic carbocycles. The van der Waals surface area contributed by atoms with Crippen LogP contribution >= 0.6 is 0 Å². The van der Waals surface area contributed by atoms with Gasteiger partial charge in [-0.25, -0.2) is 4.39 Å². The highest BCUT2D eigenvalue weighted by Crippen LogP contribution is 2.39. The number of para-hydroxylation sites is 1. The molecule has 116 valence electrons. The molecule has 0 spiro atoms. The highest BCUT2D eigenvalue weighted by atomic mass is 19.1. The van der Waals surface area contributed by atoms with Gasteiger partial charge in [0.05, 0.1) is 5.69 Å². The highest BCUT2D eigenvalue weighted by molar-refractivity contribution is 5.82. The predicted octanol–water partition coefficient (Wildman–Crippen LogP) is 4.29. The van der Waals surface area contributed by atoms with Gasteiger partial charge in [-0.2, -0.15) is 0 Å². The first kappa shape index (κ1) is 16.0. The van der Waals surface area contributed by atoms with Crippen LogP contribution in [0.1, 0.15) is 40.0 Å². The molecule has 21 heavy (non-hydrogen) atoms. The summed E-state index contributed by atoms with van der Waals surface area (Å²) in [6, 6.07) is 6.75. The maximum absolute atomic E-state index is 13.8. The topological polar surface area (TPSA) is 20.3 Å². The molecule has 0 bridgehead atoms. The van der Waals surface area contributed by atoms with Gasteiger partial charge in [0.25, 0.3) is 0 Å². The number of Topliss-reactive ketones (excluding diaryl/α,β-unsaturated/α-hetero) is 1. The molecule has 1 aliphatic rings. The van der Waals surface area contributed by atoms with Gasteiger partial charge in [0.2, 0.25) is 0 Å². The molecule has 1 fully saturated rings. The van der Waals surface area contributed by atoms with E-state index in [9.17, 15) is 9.18 Å². The fourth-order valence-corrected chi connectivity index (χ4v) is 3.27. The van der Waals surface area contributed by atoms with Crippen molar-refractivity contribution < 1.29 is 9.18 Å². The van der Waals surface area contributed by atoms with Gasteiger partial charge in [-0.1, -0.05) is 32.9 Å². The Morgan fingerprint density at radius 3 is 2.57 bits per heavy atom. The average Bonchev–Trinajstić information content (AvgIpc) is 2.40. The van der Waals surface area contributed by atoms with Crippen LogP contribution in [0, 0.1) is 23.1 Å². The normalized spacial score (nSPS) is 23.2. The third kappa shape index (κ3) is 3.84. The molecular weight excluding hydrogens is 265 g/mol. The standard InChI is InChI=1S/C18H26FNO/c1-18(2,3)14-9-10-17(21)13(11-14)12-20(4)16-8-6-5-7-15(16)19/h5-8,13-14H,9-12H2,1-4H3. The summed E-state index contributed by atoms with van der Waals surface area (Å²) in [7, 11) is 1.87. The summed E-state index contributed by atoms with van der Waals surface area (Å²) in [4.78, 5) is 14.1. The van der Waals surface area contributed by atoms with Crippen molar-refractivity contribution in [1.29, 1.82) is 0 Å². The number of carbonyl (C=O) groups excluding carboxylic acids is 1. The van der Waals surface area contributed by atoms with E-state index >= 15 is 0 Å². The molecule has 0 amide bonds. The summed E-state index contributed by atoms with van der Waals surface area (Å²) >= 11 is 0. The van der Waals surface area contributed by atoms with Crippen LogP contribution in [0.4, 0.5) is 10.1 Å². The van der Waals surface area contributed by atoms with Gasteiger partial charge in [-0.15, -0.1) is 0 Å². The molecule has 2 rings (SSSR count). The van der Waals surface area contributed by atoms with Crippen LogP contribution in [0.2, 0.25) is 0 Å². The molecule has 0 radical (unpaired) electrons. The van der Waals surface area contributed by atoms with Crippen molar-refractivity contribution in [2.45, 2.75) is 40.0 Å². The number of rotatable bonds is 3. The Balaban J connectivity index is 2.07. The van der Waals surface area contributed by atoms with Crippen LogP contribution in [0.3, 0.4) is 0 Å². The summed E-state index contributed by atoms with van der Waals surface area (Å²) in [5.74, 6) is 0.691. The van der Waals surface area contributed by atoms with Gasteiger partial charge in [-0.05, 0) is 36.3 Å². The molecule has 3 heteroatoms. The molecule has 1 saturated carbocycles. The first-order chi connectivity index (χ1) is 9.79. The fourth-order valence-electron chi connectivity index (χ4n) is 3.27. The minimum atomic E-state index is -0.226. The Morgan fingerprint density at radius 1 is 1.29 bits per heavy atom. The van der Waals surface area contributed by atoms with Gasteiger partial charge in [0.1, 0.15) is 11.6 Å². The number of carbonyl (C=O) groups is 1. The molecule has 0 heterocycles. The molecule has 1 aromatic carbocycles. The average molecular weight is 291 g/mol. The molecule has 0 saturated heterocycles. The minimum Gasteiger partial charge on any atom is -0.372 e. The summed E-state index contributed by atoms with van der Waals surface area (Å²) in [5, 5.41) is 0. The van der Waals surface area contributed by atoms with Gasteiger partial charge in [0, 0.05) is 25.9 Å². The Labute approximate surface area is 127 Å². The number of anilines is 1. The Bertz CT molecular complexity index is 506. The van der Waals surface area contributed by atoms with Gasteiger partial charge < -0.3 is 4.90 Å². The zero-order chi connectivity index (χ0) is 15.6. The SMILES string of the molecule is CN(CC1CC(C(C)(C)C)CCC1=O)c1ccccc1F. The van der Waals surface area contributed by atoms with E-state index in [1.165, 1.54) is 6.07 Å². The van der Waals surface area contributed by atoms with Crippen molar-refractivity contribution in [2.24, 2.45) is 17.3 Å². The van der Waals surface area contributed by atoms with E-state index < -0.39 is 0 Å². The van der Waals surface area contributed by atoms with Crippen LogP contribution in [-0.4, -0.2) is 19.4 Å². The van der Waals surface area contributed by atoms with E-state index in [2.05, 4.69) is 20.8 Å². The summed E-state index contributed by atoms with van der Waals surface area (Å²) in [6.45, 7) is 7.33. The van der Waals surface area contributed by atoms with E-state index in [0.717, 1.165) is 12.8 Å². The van der Waals surface area contributed by atoms with Crippen LogP contribution < -0.4 is 4.90 Å². The second-order valence-electron chi connectivity index (χ2n) is 7.33. The fraction of sp³-hybridized carbons (Fsp3) is 0.611. The number of ketones is 1. The maximum atomic E-state index is 13.8. The van der Waals surface area contributed by atoms with Crippen molar-refractivity contribution in [3.05, 3.63) is 30.1 Å². The lowest BCUT2D eigenvalue weighted by atomic mass is 9.68. The minimum absolute atomic E-state index is 0.0209. The Hall–Kier alpha value is -1.38. The maximum Gasteiger partial charge on any atom is 0.146 e. The second-order valence-corrected chi connectivity index (χ2v) is 7.33. The number of benzene rings is 1. The van der Waals surface area contributed by atoms with Gasteiger partial charge >= 0.3 is 0 Å². The van der Waals surface area contributed by atoms with Crippen molar-refractivity contribution in [2.75, 3.05) is 18.5 Å². The van der Waals surface area contributed by atoms with E-state index in [1.807, 2.05) is 18.0 Å². The van der Waals surface area contributed by atoms with Crippen molar-refractivity contribution in [1.82, 2.24) is 0 Å². The number of hydrogen-bond acceptors (Lipinski definition) is 2. The number of nitrogens with zero attached hydrogens (tertiary/aromatic N) is 1. The Kier molecular flexibility index (Phi) is 4.70. The first-order valence-electron chi connectivity index (χ1n) is 7.77. The van der Waals surface area contributed by atoms with Crippen molar-refractivity contribution in [3.8, 4) is 0 Å². The lowest BCUT2D eigenvalue weighted by Gasteiger charge is -2.38. The van der Waals surface area contributed by atoms with E-state index in [4.69, 9.17) is 0 Å². The third-order valence-electron chi connectivity index (χ3n) is 4.75. The molecule has 0 aromatic heterocycles.